The van der Waals surface area contributed by atoms with Crippen LogP contribution in [0.25, 0.3) is 0 Å². The minimum Gasteiger partial charge on any atom is -0.349 e. The molecule has 1 fully saturated rings. The van der Waals surface area contributed by atoms with Crippen molar-refractivity contribution in [3.8, 4) is 0 Å². The summed E-state index contributed by atoms with van der Waals surface area (Å²) in [6, 6.07) is 12.2. The highest BCUT2D eigenvalue weighted by Gasteiger charge is 2.33. The zero-order valence-corrected chi connectivity index (χ0v) is 18.6. The smallest absolute Gasteiger partial charge is 0.243 e. The number of carbonyl (C=O) groups is 1. The number of halogens is 1. The van der Waals surface area contributed by atoms with Crippen molar-refractivity contribution in [2.75, 3.05) is 13.1 Å². The Kier molecular flexibility index (Phi) is 6.66. The number of hydrogen-bond donors (Lipinski definition) is 1. The average Bonchev–Trinajstić information content (AvgIpc) is 2.70. The fourth-order valence-corrected chi connectivity index (χ4v) is 5.42. The van der Waals surface area contributed by atoms with Crippen LogP contribution in [0.1, 0.15) is 42.5 Å². The maximum absolute atomic E-state index is 12.9. The van der Waals surface area contributed by atoms with Gasteiger partial charge in [0.2, 0.25) is 15.9 Å². The number of hydrogen-bond acceptors (Lipinski definition) is 3. The van der Waals surface area contributed by atoms with E-state index in [4.69, 9.17) is 11.6 Å². The van der Waals surface area contributed by atoms with Crippen molar-refractivity contribution in [3.63, 3.8) is 0 Å². The van der Waals surface area contributed by atoms with Crippen LogP contribution < -0.4 is 5.32 Å². The average molecular weight is 435 g/mol. The number of rotatable bonds is 5. The monoisotopic (exact) mass is 434 g/mol. The van der Waals surface area contributed by atoms with Crippen LogP contribution in [0.4, 0.5) is 0 Å². The van der Waals surface area contributed by atoms with Gasteiger partial charge in [-0.2, -0.15) is 4.31 Å². The highest BCUT2D eigenvalue weighted by molar-refractivity contribution is 7.89. The Balaban J connectivity index is 1.70. The highest BCUT2D eigenvalue weighted by Crippen LogP contribution is 2.26. The Hall–Kier alpha value is -1.89. The van der Waals surface area contributed by atoms with E-state index in [9.17, 15) is 13.2 Å². The second-order valence-corrected chi connectivity index (χ2v) is 10.1. The lowest BCUT2D eigenvalue weighted by atomic mass is 9.96. The largest absolute Gasteiger partial charge is 0.349 e. The molecule has 1 aliphatic heterocycles. The second-order valence-electron chi connectivity index (χ2n) is 7.75. The summed E-state index contributed by atoms with van der Waals surface area (Å²) < 4.78 is 27.3. The van der Waals surface area contributed by atoms with Gasteiger partial charge in [-0.15, -0.1) is 0 Å². The van der Waals surface area contributed by atoms with Gasteiger partial charge < -0.3 is 5.32 Å². The molecule has 7 heteroatoms. The van der Waals surface area contributed by atoms with E-state index in [1.165, 1.54) is 16.4 Å². The molecule has 2 aromatic carbocycles. The van der Waals surface area contributed by atoms with Crippen LogP contribution in [0.2, 0.25) is 5.02 Å². The van der Waals surface area contributed by atoms with Crippen LogP contribution in [-0.2, 0) is 14.8 Å². The van der Waals surface area contributed by atoms with Crippen molar-refractivity contribution < 1.29 is 13.2 Å². The first-order valence-electron chi connectivity index (χ1n) is 9.81. The number of carbonyl (C=O) groups excluding carboxylic acids is 1. The lowest BCUT2D eigenvalue weighted by Crippen LogP contribution is -2.45. The molecule has 29 heavy (non-hydrogen) atoms. The molecule has 2 aromatic rings. The molecule has 0 radical (unpaired) electrons. The van der Waals surface area contributed by atoms with Crippen LogP contribution in [0.15, 0.2) is 47.4 Å². The number of sulfonamides is 1. The van der Waals surface area contributed by atoms with Crippen molar-refractivity contribution in [1.29, 1.82) is 0 Å². The third kappa shape index (κ3) is 5.00. The van der Waals surface area contributed by atoms with Crippen molar-refractivity contribution >= 4 is 27.5 Å². The molecular formula is C22H27ClN2O3S. The van der Waals surface area contributed by atoms with Crippen LogP contribution in [0, 0.1) is 19.8 Å². The van der Waals surface area contributed by atoms with Crippen molar-refractivity contribution in [2.45, 2.75) is 44.6 Å². The molecule has 1 amide bonds. The van der Waals surface area contributed by atoms with Gasteiger partial charge in [0.15, 0.2) is 0 Å². The molecule has 0 aliphatic carbocycles. The molecule has 2 atom stereocenters. The summed E-state index contributed by atoms with van der Waals surface area (Å²) in [5, 5.41) is 3.56. The minimum atomic E-state index is -3.64. The Bertz CT molecular complexity index is 990. The Morgan fingerprint density at radius 3 is 2.55 bits per heavy atom. The maximum Gasteiger partial charge on any atom is 0.243 e. The molecular weight excluding hydrogens is 408 g/mol. The lowest BCUT2D eigenvalue weighted by Gasteiger charge is -2.32. The first-order chi connectivity index (χ1) is 13.7. The number of piperidine rings is 1. The number of benzene rings is 2. The predicted molar refractivity (Wildman–Crippen MR) is 115 cm³/mol. The minimum absolute atomic E-state index is 0.102. The van der Waals surface area contributed by atoms with Gasteiger partial charge in [-0.1, -0.05) is 35.4 Å². The van der Waals surface area contributed by atoms with Gasteiger partial charge in [0, 0.05) is 18.1 Å². The molecule has 0 saturated carbocycles. The molecule has 0 unspecified atom stereocenters. The summed E-state index contributed by atoms with van der Waals surface area (Å²) in [4.78, 5) is 13.1. The van der Waals surface area contributed by atoms with E-state index < -0.39 is 10.0 Å². The van der Waals surface area contributed by atoms with Crippen LogP contribution in [0.5, 0.6) is 0 Å². The third-order valence-electron chi connectivity index (χ3n) is 5.47. The molecule has 1 N–H and O–H groups in total. The zero-order valence-electron chi connectivity index (χ0n) is 17.0. The molecule has 156 valence electrons. The molecule has 0 aromatic heterocycles. The summed E-state index contributed by atoms with van der Waals surface area (Å²) in [7, 11) is -3.64. The normalized spacial score (nSPS) is 19.0. The Labute approximate surface area is 178 Å². The Morgan fingerprint density at radius 1 is 1.17 bits per heavy atom. The highest BCUT2D eigenvalue weighted by atomic mass is 35.5. The van der Waals surface area contributed by atoms with Crippen molar-refractivity contribution in [3.05, 3.63) is 64.2 Å². The standard InChI is InChI=1S/C22H27ClN2O3S/c1-15-6-7-16(2)21(13-15)17(3)24-22(26)18-5-4-12-25(14-18)29(27,28)20-10-8-19(23)9-11-20/h6-11,13,17-18H,4-5,12,14H2,1-3H3,(H,24,26)/t17-,18-/m1/s1. The third-order valence-corrected chi connectivity index (χ3v) is 7.60. The summed E-state index contributed by atoms with van der Waals surface area (Å²) in [6.45, 7) is 6.62. The molecule has 1 heterocycles. The van der Waals surface area contributed by atoms with Gasteiger partial charge in [-0.3, -0.25) is 4.79 Å². The van der Waals surface area contributed by atoms with Crippen molar-refractivity contribution in [1.82, 2.24) is 9.62 Å². The quantitative estimate of drug-likeness (QED) is 0.765. The van der Waals surface area contributed by atoms with Gasteiger partial charge in [0.25, 0.3) is 0 Å². The maximum atomic E-state index is 12.9. The van der Waals surface area contributed by atoms with Crippen LogP contribution >= 0.6 is 11.6 Å². The van der Waals surface area contributed by atoms with E-state index in [2.05, 4.69) is 11.4 Å². The molecule has 0 spiro atoms. The first kappa shape index (κ1) is 21.8. The van der Waals surface area contributed by atoms with E-state index in [-0.39, 0.29) is 29.3 Å². The van der Waals surface area contributed by atoms with Crippen molar-refractivity contribution in [2.24, 2.45) is 5.92 Å². The van der Waals surface area contributed by atoms with Gasteiger partial charge in [-0.05, 0) is 69.0 Å². The summed E-state index contributed by atoms with van der Waals surface area (Å²) in [5.74, 6) is -0.465. The van der Waals surface area contributed by atoms with Gasteiger partial charge in [-0.25, -0.2) is 8.42 Å². The topological polar surface area (TPSA) is 66.5 Å². The summed E-state index contributed by atoms with van der Waals surface area (Å²) in [6.07, 6.45) is 1.33. The van der Waals surface area contributed by atoms with E-state index in [1.807, 2.05) is 32.9 Å². The summed E-state index contributed by atoms with van der Waals surface area (Å²) in [5.41, 5.74) is 3.35. The Morgan fingerprint density at radius 2 is 1.86 bits per heavy atom. The molecule has 5 nitrogen and oxygen atoms in total. The summed E-state index contributed by atoms with van der Waals surface area (Å²) >= 11 is 5.87. The van der Waals surface area contributed by atoms with Crippen LogP contribution in [-0.4, -0.2) is 31.7 Å². The lowest BCUT2D eigenvalue weighted by molar-refractivity contribution is -0.126. The van der Waals surface area contributed by atoms with Gasteiger partial charge in [0.1, 0.15) is 0 Å². The van der Waals surface area contributed by atoms with Gasteiger partial charge in [0.05, 0.1) is 16.9 Å². The fraction of sp³-hybridized carbons (Fsp3) is 0.409. The van der Waals surface area contributed by atoms with E-state index in [0.717, 1.165) is 16.7 Å². The van der Waals surface area contributed by atoms with E-state index in [0.29, 0.717) is 24.4 Å². The number of amides is 1. The number of nitrogens with one attached hydrogen (secondary N) is 1. The molecule has 3 rings (SSSR count). The molecule has 0 bridgehead atoms. The number of aryl methyl sites for hydroxylation is 2. The fourth-order valence-electron chi connectivity index (χ4n) is 3.77. The SMILES string of the molecule is Cc1ccc(C)c([C@@H](C)NC(=O)[C@@H]2CCCN(S(=O)(=O)c3ccc(Cl)cc3)C2)c1. The second kappa shape index (κ2) is 8.86. The van der Waals surface area contributed by atoms with E-state index in [1.54, 1.807) is 12.1 Å². The zero-order chi connectivity index (χ0) is 21.2. The van der Waals surface area contributed by atoms with Crippen LogP contribution in [0.3, 0.4) is 0 Å². The molecule has 1 saturated heterocycles. The first-order valence-corrected chi connectivity index (χ1v) is 11.6. The van der Waals surface area contributed by atoms with Gasteiger partial charge >= 0.3 is 0 Å². The number of nitrogens with zero attached hydrogens (tertiary/aromatic N) is 1. The predicted octanol–water partition coefficient (Wildman–Crippen LogP) is 4.23. The molecule has 1 aliphatic rings. The van der Waals surface area contributed by atoms with E-state index >= 15 is 0 Å².